The fourth-order valence-corrected chi connectivity index (χ4v) is 1.56. The first kappa shape index (κ1) is 10.1. The molecular formula is C11H14FN3. The van der Waals surface area contributed by atoms with Gasteiger partial charge >= 0.3 is 0 Å². The highest BCUT2D eigenvalue weighted by molar-refractivity contribution is 5.78. The molecule has 1 heterocycles. The van der Waals surface area contributed by atoms with Gasteiger partial charge in [-0.3, -0.25) is 4.68 Å². The van der Waals surface area contributed by atoms with E-state index in [0.717, 1.165) is 23.9 Å². The third kappa shape index (κ3) is 2.15. The fraction of sp³-hybridized carbons (Fsp3) is 0.364. The minimum absolute atomic E-state index is 0.157. The molecule has 0 saturated heterocycles. The lowest BCUT2D eigenvalue weighted by atomic mass is 10.2. The third-order valence-corrected chi connectivity index (χ3v) is 2.40. The molecule has 0 bridgehead atoms. The van der Waals surface area contributed by atoms with Crippen molar-refractivity contribution in [1.82, 2.24) is 9.78 Å². The summed E-state index contributed by atoms with van der Waals surface area (Å²) in [5.74, 6) is -0.228. The first-order valence-corrected chi connectivity index (χ1v) is 5.03. The van der Waals surface area contributed by atoms with E-state index in [4.69, 9.17) is 5.73 Å². The van der Waals surface area contributed by atoms with Crippen LogP contribution in [0.4, 0.5) is 4.39 Å². The summed E-state index contributed by atoms with van der Waals surface area (Å²) in [4.78, 5) is 0. The highest BCUT2D eigenvalue weighted by Gasteiger charge is 2.04. The molecule has 4 heteroatoms. The Kier molecular flexibility index (Phi) is 2.68. The van der Waals surface area contributed by atoms with Crippen LogP contribution in [-0.4, -0.2) is 15.8 Å². The summed E-state index contributed by atoms with van der Waals surface area (Å²) < 4.78 is 14.8. The van der Waals surface area contributed by atoms with Gasteiger partial charge in [0, 0.05) is 18.0 Å². The fourth-order valence-electron chi connectivity index (χ4n) is 1.56. The number of nitrogens with two attached hydrogens (primary N) is 1. The van der Waals surface area contributed by atoms with Gasteiger partial charge in [-0.25, -0.2) is 4.39 Å². The zero-order valence-corrected chi connectivity index (χ0v) is 8.65. The molecule has 1 aromatic carbocycles. The van der Waals surface area contributed by atoms with Crippen molar-refractivity contribution in [2.45, 2.75) is 25.9 Å². The Labute approximate surface area is 87.7 Å². The number of halogens is 1. The molecule has 0 fully saturated rings. The second kappa shape index (κ2) is 3.98. The maximum absolute atomic E-state index is 12.9. The van der Waals surface area contributed by atoms with E-state index in [9.17, 15) is 4.39 Å². The maximum atomic E-state index is 12.9. The summed E-state index contributed by atoms with van der Waals surface area (Å²) in [6.07, 6.45) is 2.55. The van der Waals surface area contributed by atoms with E-state index in [1.165, 1.54) is 12.1 Å². The van der Waals surface area contributed by atoms with Gasteiger partial charge in [0.15, 0.2) is 0 Å². The summed E-state index contributed by atoms with van der Waals surface area (Å²) in [5.41, 5.74) is 6.63. The molecule has 2 rings (SSSR count). The Bertz CT molecular complexity index is 462. The van der Waals surface area contributed by atoms with Gasteiger partial charge in [0.25, 0.3) is 0 Å². The van der Waals surface area contributed by atoms with Gasteiger partial charge in [0.2, 0.25) is 0 Å². The summed E-state index contributed by atoms with van der Waals surface area (Å²) >= 11 is 0. The quantitative estimate of drug-likeness (QED) is 0.835. The van der Waals surface area contributed by atoms with E-state index in [1.54, 1.807) is 12.3 Å². The Morgan fingerprint density at radius 1 is 1.53 bits per heavy atom. The van der Waals surface area contributed by atoms with Crippen molar-refractivity contribution >= 4 is 10.9 Å². The van der Waals surface area contributed by atoms with Gasteiger partial charge in [-0.2, -0.15) is 5.10 Å². The summed E-state index contributed by atoms with van der Waals surface area (Å²) in [5, 5.41) is 5.04. The normalized spacial score (nSPS) is 13.3. The minimum atomic E-state index is -0.228. The standard InChI is InChI=1S/C11H14FN3/c1-8(13)4-5-15-11-3-2-10(12)6-9(11)7-14-15/h2-3,6-8H,4-5,13H2,1H3. The van der Waals surface area contributed by atoms with Crippen LogP contribution in [0.2, 0.25) is 0 Å². The zero-order chi connectivity index (χ0) is 10.8. The number of aromatic nitrogens is 2. The largest absolute Gasteiger partial charge is 0.328 e. The SMILES string of the molecule is CC(N)CCn1ncc2cc(F)ccc21. The molecule has 2 aromatic rings. The van der Waals surface area contributed by atoms with Gasteiger partial charge in [-0.15, -0.1) is 0 Å². The molecule has 1 atom stereocenters. The van der Waals surface area contributed by atoms with Crippen LogP contribution >= 0.6 is 0 Å². The van der Waals surface area contributed by atoms with Crippen molar-refractivity contribution < 1.29 is 4.39 Å². The average molecular weight is 207 g/mol. The number of hydrogen-bond acceptors (Lipinski definition) is 2. The first-order chi connectivity index (χ1) is 7.16. The van der Waals surface area contributed by atoms with Gasteiger partial charge in [-0.1, -0.05) is 0 Å². The zero-order valence-electron chi connectivity index (χ0n) is 8.65. The van der Waals surface area contributed by atoms with E-state index in [-0.39, 0.29) is 11.9 Å². The molecule has 0 radical (unpaired) electrons. The van der Waals surface area contributed by atoms with Crippen LogP contribution in [0, 0.1) is 5.82 Å². The van der Waals surface area contributed by atoms with Crippen molar-refractivity contribution in [2.24, 2.45) is 5.73 Å². The van der Waals surface area contributed by atoms with Crippen LogP contribution in [0.1, 0.15) is 13.3 Å². The van der Waals surface area contributed by atoms with Gasteiger partial charge in [0.1, 0.15) is 5.82 Å². The Morgan fingerprint density at radius 3 is 3.07 bits per heavy atom. The predicted molar refractivity (Wildman–Crippen MR) is 58.0 cm³/mol. The lowest BCUT2D eigenvalue weighted by molar-refractivity contribution is 0.542. The van der Waals surface area contributed by atoms with E-state index in [0.29, 0.717) is 0 Å². The van der Waals surface area contributed by atoms with Gasteiger partial charge in [0.05, 0.1) is 11.7 Å². The van der Waals surface area contributed by atoms with Crippen molar-refractivity contribution in [3.63, 3.8) is 0 Å². The molecule has 15 heavy (non-hydrogen) atoms. The monoisotopic (exact) mass is 207 g/mol. The van der Waals surface area contributed by atoms with Gasteiger partial charge < -0.3 is 5.73 Å². The van der Waals surface area contributed by atoms with Crippen molar-refractivity contribution in [1.29, 1.82) is 0 Å². The van der Waals surface area contributed by atoms with Gasteiger partial charge in [-0.05, 0) is 31.5 Å². The summed E-state index contributed by atoms with van der Waals surface area (Å²) in [6, 6.07) is 4.85. The Morgan fingerprint density at radius 2 is 2.33 bits per heavy atom. The Hall–Kier alpha value is -1.42. The third-order valence-electron chi connectivity index (χ3n) is 2.40. The maximum Gasteiger partial charge on any atom is 0.124 e. The molecule has 1 unspecified atom stereocenters. The van der Waals surface area contributed by atoms with Crippen LogP contribution < -0.4 is 5.73 Å². The molecule has 2 N–H and O–H groups in total. The molecular weight excluding hydrogens is 193 g/mol. The van der Waals surface area contributed by atoms with Crippen LogP contribution in [0.5, 0.6) is 0 Å². The number of fused-ring (bicyclic) bond motifs is 1. The number of rotatable bonds is 3. The topological polar surface area (TPSA) is 43.8 Å². The second-order valence-corrected chi connectivity index (χ2v) is 3.84. The Balaban J connectivity index is 2.29. The molecule has 0 amide bonds. The highest BCUT2D eigenvalue weighted by atomic mass is 19.1. The van der Waals surface area contributed by atoms with E-state index >= 15 is 0 Å². The number of nitrogens with zero attached hydrogens (tertiary/aromatic N) is 2. The van der Waals surface area contributed by atoms with Crippen molar-refractivity contribution in [2.75, 3.05) is 0 Å². The summed E-state index contributed by atoms with van der Waals surface area (Å²) in [6.45, 7) is 2.73. The van der Waals surface area contributed by atoms with Crippen LogP contribution in [-0.2, 0) is 6.54 Å². The van der Waals surface area contributed by atoms with E-state index in [1.807, 2.05) is 11.6 Å². The molecule has 0 aliphatic heterocycles. The molecule has 0 aliphatic rings. The lowest BCUT2D eigenvalue weighted by Crippen LogP contribution is -2.17. The van der Waals surface area contributed by atoms with Crippen molar-refractivity contribution in [3.8, 4) is 0 Å². The summed E-state index contributed by atoms with van der Waals surface area (Å²) in [7, 11) is 0. The van der Waals surface area contributed by atoms with Crippen LogP contribution in [0.3, 0.4) is 0 Å². The number of hydrogen-bond donors (Lipinski definition) is 1. The second-order valence-electron chi connectivity index (χ2n) is 3.84. The van der Waals surface area contributed by atoms with Crippen LogP contribution in [0.25, 0.3) is 10.9 Å². The van der Waals surface area contributed by atoms with Crippen LogP contribution in [0.15, 0.2) is 24.4 Å². The highest BCUT2D eigenvalue weighted by Crippen LogP contribution is 2.15. The lowest BCUT2D eigenvalue weighted by Gasteiger charge is -2.06. The number of benzene rings is 1. The molecule has 0 aliphatic carbocycles. The minimum Gasteiger partial charge on any atom is -0.328 e. The van der Waals surface area contributed by atoms with E-state index < -0.39 is 0 Å². The molecule has 3 nitrogen and oxygen atoms in total. The molecule has 0 spiro atoms. The molecule has 80 valence electrons. The first-order valence-electron chi connectivity index (χ1n) is 5.03. The molecule has 1 aromatic heterocycles. The predicted octanol–water partition coefficient (Wildman–Crippen LogP) is 1.91. The van der Waals surface area contributed by atoms with E-state index in [2.05, 4.69) is 5.10 Å². The van der Waals surface area contributed by atoms with Crippen molar-refractivity contribution in [3.05, 3.63) is 30.2 Å². The average Bonchev–Trinajstić information content (AvgIpc) is 2.57. The molecule has 0 saturated carbocycles. The smallest absolute Gasteiger partial charge is 0.124 e. The number of aryl methyl sites for hydroxylation is 1.